The molecule has 1 atom stereocenters. The molecule has 59 heavy (non-hydrogen) atoms. The molecule has 0 heterocycles. The summed E-state index contributed by atoms with van der Waals surface area (Å²) < 4.78 is 0. The van der Waals surface area contributed by atoms with Crippen LogP contribution in [0.4, 0.5) is 17.1 Å². The molecule has 0 radical (unpaired) electrons. The SMILES string of the molecule is Cc1ccc2c(c1)C(C)(C)c1cc3c(cc1-2)C(c1ccc(-c2ccc(N(c4ccccc4)c4ccccc4)cc2)cc1)(c1ccc(C(C)(C)C)cc1)c1cc(C)ccc1-3. The molecule has 0 bridgehead atoms. The molecule has 2 aliphatic carbocycles. The van der Waals surface area contributed by atoms with Crippen molar-refractivity contribution >= 4 is 17.1 Å². The quantitative estimate of drug-likeness (QED) is 0.163. The zero-order valence-electron chi connectivity index (χ0n) is 35.3. The van der Waals surface area contributed by atoms with Gasteiger partial charge in [0.1, 0.15) is 0 Å². The molecule has 0 saturated heterocycles. The summed E-state index contributed by atoms with van der Waals surface area (Å²) >= 11 is 0. The highest BCUT2D eigenvalue weighted by molar-refractivity contribution is 5.93. The number of hydrogen-bond donors (Lipinski definition) is 0. The van der Waals surface area contributed by atoms with Crippen LogP contribution in [0.2, 0.25) is 0 Å². The van der Waals surface area contributed by atoms with E-state index in [2.05, 4.69) is 235 Å². The van der Waals surface area contributed by atoms with Crippen molar-refractivity contribution in [3.63, 3.8) is 0 Å². The highest BCUT2D eigenvalue weighted by Crippen LogP contribution is 2.60. The lowest BCUT2D eigenvalue weighted by molar-refractivity contribution is 0.589. The number of fused-ring (bicyclic) bond motifs is 6. The van der Waals surface area contributed by atoms with Gasteiger partial charge in [0.05, 0.1) is 5.41 Å². The predicted molar refractivity (Wildman–Crippen MR) is 250 cm³/mol. The Bertz CT molecular complexity index is 2820. The molecule has 0 fully saturated rings. The smallest absolute Gasteiger partial charge is 0.0713 e. The van der Waals surface area contributed by atoms with E-state index in [9.17, 15) is 0 Å². The van der Waals surface area contributed by atoms with Crippen molar-refractivity contribution in [1.82, 2.24) is 0 Å². The maximum Gasteiger partial charge on any atom is 0.0713 e. The summed E-state index contributed by atoms with van der Waals surface area (Å²) in [4.78, 5) is 2.32. The second-order valence-corrected chi connectivity index (χ2v) is 18.4. The van der Waals surface area contributed by atoms with Crippen LogP contribution in [0.5, 0.6) is 0 Å². The average molecular weight is 762 g/mol. The Labute approximate surface area is 350 Å². The number of para-hydroxylation sites is 2. The summed E-state index contributed by atoms with van der Waals surface area (Å²) in [6.45, 7) is 16.2. The fourth-order valence-corrected chi connectivity index (χ4v) is 10.1. The second-order valence-electron chi connectivity index (χ2n) is 18.4. The molecule has 0 aliphatic heterocycles. The van der Waals surface area contributed by atoms with Crippen LogP contribution in [0.1, 0.15) is 84.7 Å². The molecule has 0 spiro atoms. The number of hydrogen-bond acceptors (Lipinski definition) is 1. The fourth-order valence-electron chi connectivity index (χ4n) is 10.1. The van der Waals surface area contributed by atoms with Crippen molar-refractivity contribution in [2.75, 3.05) is 4.90 Å². The van der Waals surface area contributed by atoms with E-state index in [4.69, 9.17) is 0 Å². The highest BCUT2D eigenvalue weighted by atomic mass is 15.1. The van der Waals surface area contributed by atoms with Crippen molar-refractivity contribution in [2.45, 2.75) is 64.7 Å². The normalized spacial score (nSPS) is 15.9. The lowest BCUT2D eigenvalue weighted by Gasteiger charge is -2.35. The minimum atomic E-state index is -0.506. The molecule has 0 amide bonds. The first-order valence-corrected chi connectivity index (χ1v) is 21.1. The number of nitrogens with zero attached hydrogens (tertiary/aromatic N) is 1. The Morgan fingerprint density at radius 1 is 0.390 bits per heavy atom. The molecule has 0 aromatic heterocycles. The van der Waals surface area contributed by atoms with Gasteiger partial charge in [-0.25, -0.2) is 0 Å². The summed E-state index contributed by atoms with van der Waals surface area (Å²) in [5.41, 5.74) is 22.7. The lowest BCUT2D eigenvalue weighted by Crippen LogP contribution is -2.29. The first kappa shape index (κ1) is 36.9. The molecule has 0 N–H and O–H groups in total. The second kappa shape index (κ2) is 13.6. The summed E-state index contributed by atoms with van der Waals surface area (Å²) in [5.74, 6) is 0. The third-order valence-corrected chi connectivity index (χ3v) is 13.2. The largest absolute Gasteiger partial charge is 0.311 e. The lowest BCUT2D eigenvalue weighted by atomic mass is 9.66. The predicted octanol–water partition coefficient (Wildman–Crippen LogP) is 15.4. The summed E-state index contributed by atoms with van der Waals surface area (Å²) in [5, 5.41) is 0. The van der Waals surface area contributed by atoms with Gasteiger partial charge >= 0.3 is 0 Å². The third kappa shape index (κ3) is 5.82. The van der Waals surface area contributed by atoms with Crippen LogP contribution < -0.4 is 4.90 Å². The van der Waals surface area contributed by atoms with Gasteiger partial charge in [-0.3, -0.25) is 0 Å². The summed E-state index contributed by atoms with van der Waals surface area (Å²) in [7, 11) is 0. The van der Waals surface area contributed by atoms with Crippen LogP contribution in [0.15, 0.2) is 182 Å². The Morgan fingerprint density at radius 2 is 0.797 bits per heavy atom. The van der Waals surface area contributed by atoms with Gasteiger partial charge in [-0.2, -0.15) is 0 Å². The van der Waals surface area contributed by atoms with Crippen molar-refractivity contribution in [3.8, 4) is 33.4 Å². The van der Waals surface area contributed by atoms with Gasteiger partial charge in [0, 0.05) is 22.5 Å². The maximum atomic E-state index is 2.57. The number of anilines is 3. The summed E-state index contributed by atoms with van der Waals surface area (Å²) in [6.07, 6.45) is 0. The van der Waals surface area contributed by atoms with Crippen LogP contribution in [0, 0.1) is 13.8 Å². The molecule has 0 saturated carbocycles. The van der Waals surface area contributed by atoms with Crippen LogP contribution in [-0.2, 0) is 16.2 Å². The minimum absolute atomic E-state index is 0.0540. The third-order valence-electron chi connectivity index (χ3n) is 13.2. The van der Waals surface area contributed by atoms with Gasteiger partial charge in [-0.05, 0) is 140 Å². The van der Waals surface area contributed by atoms with Gasteiger partial charge in [-0.15, -0.1) is 0 Å². The van der Waals surface area contributed by atoms with Gasteiger partial charge in [-0.1, -0.05) is 179 Å². The van der Waals surface area contributed by atoms with Crippen LogP contribution >= 0.6 is 0 Å². The number of aryl methyl sites for hydroxylation is 2. The standard InChI is InChI=1S/C58H51N/c1-38-18-32-48-50-37-55-51(36-53(50)57(6,7)52(48)34-38)49-33-19-39(2)35-54(49)58(55,44-28-26-42(27-29-44)56(3,4)5)43-24-20-40(21-25-43)41-22-30-47(31-23-41)59(45-14-10-8-11-15-45)46-16-12-9-13-17-46/h8-37H,1-7H3. The first-order chi connectivity index (χ1) is 28.4. The zero-order chi connectivity index (χ0) is 40.7. The molecule has 2 aliphatic rings. The molecule has 288 valence electrons. The molecular formula is C58H51N. The molecule has 1 heteroatoms. The molecular weight excluding hydrogens is 711 g/mol. The molecule has 8 aromatic rings. The number of rotatable bonds is 6. The molecule has 1 unspecified atom stereocenters. The van der Waals surface area contributed by atoms with Crippen LogP contribution in [0.25, 0.3) is 33.4 Å². The van der Waals surface area contributed by atoms with Crippen LogP contribution in [0.3, 0.4) is 0 Å². The minimum Gasteiger partial charge on any atom is -0.311 e. The van der Waals surface area contributed by atoms with E-state index in [1.165, 1.54) is 83.5 Å². The average Bonchev–Trinajstić information content (AvgIpc) is 3.65. The van der Waals surface area contributed by atoms with E-state index in [0.717, 1.165) is 17.1 Å². The topological polar surface area (TPSA) is 3.24 Å². The van der Waals surface area contributed by atoms with Gasteiger partial charge < -0.3 is 4.90 Å². The van der Waals surface area contributed by atoms with E-state index in [1.54, 1.807) is 0 Å². The monoisotopic (exact) mass is 761 g/mol. The van der Waals surface area contributed by atoms with E-state index in [0.29, 0.717) is 0 Å². The van der Waals surface area contributed by atoms with Crippen molar-refractivity contribution < 1.29 is 0 Å². The molecule has 8 aromatic carbocycles. The van der Waals surface area contributed by atoms with E-state index >= 15 is 0 Å². The van der Waals surface area contributed by atoms with Crippen molar-refractivity contribution in [2.24, 2.45) is 0 Å². The van der Waals surface area contributed by atoms with E-state index in [1.807, 2.05) is 0 Å². The zero-order valence-corrected chi connectivity index (χ0v) is 35.3. The molecule has 10 rings (SSSR count). The van der Waals surface area contributed by atoms with E-state index in [-0.39, 0.29) is 10.8 Å². The summed E-state index contributed by atoms with van der Waals surface area (Å²) in [6, 6.07) is 68.5. The Kier molecular flexibility index (Phi) is 8.48. The Balaban J connectivity index is 1.14. The van der Waals surface area contributed by atoms with Gasteiger partial charge in [0.2, 0.25) is 0 Å². The first-order valence-electron chi connectivity index (χ1n) is 21.1. The molecule has 1 nitrogen and oxygen atoms in total. The van der Waals surface area contributed by atoms with Gasteiger partial charge in [0.15, 0.2) is 0 Å². The number of benzene rings is 8. The Hall–Kier alpha value is -6.44. The van der Waals surface area contributed by atoms with E-state index < -0.39 is 5.41 Å². The van der Waals surface area contributed by atoms with Crippen molar-refractivity contribution in [1.29, 1.82) is 0 Å². The highest BCUT2D eigenvalue weighted by Gasteiger charge is 2.48. The van der Waals surface area contributed by atoms with Crippen LogP contribution in [-0.4, -0.2) is 0 Å². The van der Waals surface area contributed by atoms with Crippen molar-refractivity contribution in [3.05, 3.63) is 232 Å². The fraction of sp³-hybridized carbons (Fsp3) is 0.172. The maximum absolute atomic E-state index is 2.57. The Morgan fingerprint density at radius 3 is 1.34 bits per heavy atom. The van der Waals surface area contributed by atoms with Gasteiger partial charge in [0.25, 0.3) is 0 Å².